The monoisotopic (exact) mass is 511 g/mol. The largest absolute Gasteiger partial charge is 0.212 e. The van der Waals surface area contributed by atoms with Gasteiger partial charge in [0.15, 0.2) is 29.5 Å². The minimum absolute atomic E-state index is 0.0837. The number of pyridine rings is 1. The molecule has 0 aliphatic carbocycles. The van der Waals surface area contributed by atoms with Gasteiger partial charge in [-0.15, -0.1) is 0 Å². The van der Waals surface area contributed by atoms with E-state index in [-0.39, 0.29) is 16.7 Å². The van der Waals surface area contributed by atoms with Gasteiger partial charge in [0.1, 0.15) is 7.05 Å². The van der Waals surface area contributed by atoms with E-state index in [1.54, 1.807) is 40.8 Å². The van der Waals surface area contributed by atoms with E-state index in [0.29, 0.717) is 22.0 Å². The van der Waals surface area contributed by atoms with Crippen molar-refractivity contribution in [3.63, 3.8) is 0 Å². The first kappa shape index (κ1) is 20.6. The minimum Gasteiger partial charge on any atom is -0.203 e. The zero-order chi connectivity index (χ0) is 30.9. The van der Waals surface area contributed by atoms with Gasteiger partial charge in [0.05, 0.1) is 13.6 Å². The molecule has 0 atom stereocenters. The van der Waals surface area contributed by atoms with Crippen LogP contribution in [0.15, 0.2) is 24.4 Å². The van der Waals surface area contributed by atoms with E-state index >= 15 is 8.78 Å². The smallest absolute Gasteiger partial charge is 0.203 e. The lowest BCUT2D eigenvalue weighted by Gasteiger charge is -2.24. The molecule has 0 N–H and O–H groups in total. The summed E-state index contributed by atoms with van der Waals surface area (Å²) in [6.07, 6.45) is -0.818. The number of hydrogen-bond acceptors (Lipinski definition) is 0. The minimum atomic E-state index is -2.65. The van der Waals surface area contributed by atoms with Gasteiger partial charge in [-0.2, -0.15) is 0 Å². The van der Waals surface area contributed by atoms with Crippen molar-refractivity contribution in [2.45, 2.75) is 60.6 Å². The van der Waals surface area contributed by atoms with Gasteiger partial charge < -0.3 is 0 Å². The highest BCUT2D eigenvalue weighted by Crippen LogP contribution is 2.35. The van der Waals surface area contributed by atoms with Crippen LogP contribution in [0, 0.1) is 48.3 Å². The molecule has 2 aromatic carbocycles. The number of hydrogen-bond donors (Lipinski definition) is 0. The van der Waals surface area contributed by atoms with E-state index in [9.17, 15) is 13.2 Å². The molecule has 0 aliphatic rings. The quantitative estimate of drug-likeness (QED) is 0.114. The lowest BCUT2D eigenvalue weighted by Crippen LogP contribution is -2.40. The maximum atomic E-state index is 15.1. The number of aryl methyl sites for hydroxylation is 3. The first-order chi connectivity index (χ1) is 17.9. The highest BCUT2D eigenvalue weighted by atomic mass is 28.3. The standard InChI is InChI=1S/C28H33F5NSi/c1-15-10-21(35(7,8)9)19(22-23(29)25(31)27(33)26(32)24(22)30)12-18(15)20-11-17(13-28(3,4)5)16(2)14-34(20)6/h10-12,14H,13H2,1-9H3/q+1/i2D3,13D2. The molecule has 0 amide bonds. The van der Waals surface area contributed by atoms with Crippen molar-refractivity contribution >= 4 is 13.3 Å². The average Bonchev–Trinajstić information content (AvgIpc) is 2.80. The van der Waals surface area contributed by atoms with E-state index in [4.69, 9.17) is 6.85 Å². The number of halogens is 5. The van der Waals surface area contributed by atoms with Crippen LogP contribution in [0.5, 0.6) is 0 Å². The van der Waals surface area contributed by atoms with Gasteiger partial charge in [-0.25, -0.2) is 26.5 Å². The molecule has 0 bridgehead atoms. The van der Waals surface area contributed by atoms with Gasteiger partial charge in [-0.05, 0) is 48.3 Å². The van der Waals surface area contributed by atoms with E-state index < -0.39 is 61.4 Å². The van der Waals surface area contributed by atoms with Crippen LogP contribution in [0.4, 0.5) is 22.0 Å². The lowest BCUT2D eigenvalue weighted by atomic mass is 9.86. The summed E-state index contributed by atoms with van der Waals surface area (Å²) in [5.41, 5.74) is -1.26. The molecule has 188 valence electrons. The molecule has 3 rings (SSSR count). The van der Waals surface area contributed by atoms with Crippen molar-refractivity contribution < 1.29 is 33.4 Å². The van der Waals surface area contributed by atoms with Gasteiger partial charge in [0, 0.05) is 24.0 Å². The predicted octanol–water partition coefficient (Wildman–Crippen LogP) is 7.29. The summed E-state index contributed by atoms with van der Waals surface area (Å²) >= 11 is 0. The summed E-state index contributed by atoms with van der Waals surface area (Å²) in [6.45, 7) is 9.60. The molecule has 0 fully saturated rings. The van der Waals surface area contributed by atoms with Crippen LogP contribution < -0.4 is 9.75 Å². The van der Waals surface area contributed by atoms with Crippen LogP contribution in [0.1, 0.15) is 44.3 Å². The number of benzene rings is 2. The van der Waals surface area contributed by atoms with Crippen LogP contribution in [0.25, 0.3) is 22.4 Å². The summed E-state index contributed by atoms with van der Waals surface area (Å²) in [6, 6.07) is 4.40. The molecule has 0 radical (unpaired) electrons. The first-order valence-electron chi connectivity index (χ1n) is 13.6. The summed E-state index contributed by atoms with van der Waals surface area (Å²) in [4.78, 5) is 0. The normalized spacial score (nSPS) is 15.3. The molecular weight excluding hydrogens is 473 g/mol. The molecule has 0 saturated carbocycles. The third kappa shape index (κ3) is 5.20. The van der Waals surface area contributed by atoms with Gasteiger partial charge in [-0.1, -0.05) is 51.7 Å². The van der Waals surface area contributed by atoms with Gasteiger partial charge in [0.25, 0.3) is 0 Å². The Morgan fingerprint density at radius 1 is 0.857 bits per heavy atom. The highest BCUT2D eigenvalue weighted by molar-refractivity contribution is 6.89. The molecule has 1 aromatic heterocycles. The van der Waals surface area contributed by atoms with E-state index in [0.717, 1.165) is 0 Å². The predicted molar refractivity (Wildman–Crippen MR) is 134 cm³/mol. The molecule has 7 heteroatoms. The average molecular weight is 512 g/mol. The van der Waals surface area contributed by atoms with Crippen LogP contribution in [-0.2, 0) is 13.4 Å². The Kier molecular flexibility index (Phi) is 5.40. The summed E-state index contributed by atoms with van der Waals surface area (Å²) in [5, 5.41) is 0.462. The number of nitrogens with zero attached hydrogens (tertiary/aromatic N) is 1. The van der Waals surface area contributed by atoms with Crippen LogP contribution in [0.2, 0.25) is 19.6 Å². The van der Waals surface area contributed by atoms with Crippen molar-refractivity contribution in [1.82, 2.24) is 0 Å². The third-order valence-electron chi connectivity index (χ3n) is 5.71. The van der Waals surface area contributed by atoms with Crippen molar-refractivity contribution in [3.05, 3.63) is 70.2 Å². The fourth-order valence-electron chi connectivity index (χ4n) is 4.08. The molecule has 3 aromatic rings. The molecule has 0 spiro atoms. The maximum Gasteiger partial charge on any atom is 0.212 e. The molecule has 1 heterocycles. The first-order valence-corrected chi connectivity index (χ1v) is 14.6. The zero-order valence-electron chi connectivity index (χ0n) is 26.1. The van der Waals surface area contributed by atoms with Gasteiger partial charge in [0.2, 0.25) is 11.5 Å². The van der Waals surface area contributed by atoms with Crippen LogP contribution in [-0.4, -0.2) is 8.07 Å². The molecule has 35 heavy (non-hydrogen) atoms. The summed E-state index contributed by atoms with van der Waals surface area (Å²) < 4.78 is 116. The summed E-state index contributed by atoms with van der Waals surface area (Å²) in [5.74, 6) is -10.2. The SMILES string of the molecule is [2H]C([2H])([2H])c1c[n+](C)c(-c2cc(-c3c(F)c(F)c(F)c(F)c3F)c([Si](C)(C)C)cc2C)cc1C([2H])([2H])C(C)(C)C. The Labute approximate surface area is 212 Å². The van der Waals surface area contributed by atoms with Crippen LogP contribution >= 0.6 is 0 Å². The maximum absolute atomic E-state index is 15.1. The Morgan fingerprint density at radius 3 is 1.89 bits per heavy atom. The molecule has 1 nitrogen and oxygen atoms in total. The van der Waals surface area contributed by atoms with Gasteiger partial charge in [-0.3, -0.25) is 0 Å². The molecule has 0 saturated heterocycles. The molecular formula is C28H33F5NSi+. The second-order valence-electron chi connectivity index (χ2n) is 10.9. The third-order valence-corrected chi connectivity index (χ3v) is 7.74. The summed E-state index contributed by atoms with van der Waals surface area (Å²) in [7, 11) is -0.890. The number of rotatable bonds is 4. The van der Waals surface area contributed by atoms with E-state index in [2.05, 4.69) is 0 Å². The van der Waals surface area contributed by atoms with Crippen molar-refractivity contribution in [2.24, 2.45) is 12.5 Å². The Balaban J connectivity index is 2.53. The Bertz CT molecular complexity index is 1480. The fraction of sp³-hybridized carbons (Fsp3) is 0.393. The zero-order valence-corrected chi connectivity index (χ0v) is 22.1. The number of aromatic nitrogens is 1. The Hall–Kier alpha value is -2.54. The second kappa shape index (κ2) is 9.15. The topological polar surface area (TPSA) is 3.88 Å². The van der Waals surface area contributed by atoms with Crippen molar-refractivity contribution in [3.8, 4) is 22.4 Å². The molecule has 0 aliphatic heterocycles. The van der Waals surface area contributed by atoms with Crippen LogP contribution in [0.3, 0.4) is 0 Å². The molecule has 0 unspecified atom stereocenters. The lowest BCUT2D eigenvalue weighted by molar-refractivity contribution is -0.660. The van der Waals surface area contributed by atoms with E-state index in [1.807, 2.05) is 19.6 Å². The fourth-order valence-corrected chi connectivity index (χ4v) is 5.73. The highest BCUT2D eigenvalue weighted by Gasteiger charge is 2.32. The van der Waals surface area contributed by atoms with Crippen molar-refractivity contribution in [2.75, 3.05) is 0 Å². The van der Waals surface area contributed by atoms with E-state index in [1.165, 1.54) is 22.9 Å². The van der Waals surface area contributed by atoms with Crippen molar-refractivity contribution in [1.29, 1.82) is 0 Å². The Morgan fingerprint density at radius 2 is 1.40 bits per heavy atom. The second-order valence-corrected chi connectivity index (χ2v) is 15.9. The van der Waals surface area contributed by atoms with Gasteiger partial charge >= 0.3 is 0 Å².